The van der Waals surface area contributed by atoms with Crippen LogP contribution in [0.2, 0.25) is 0 Å². The van der Waals surface area contributed by atoms with Gasteiger partial charge in [0.05, 0.1) is 11.5 Å². The Balaban J connectivity index is 1.40. The number of hydrogen-bond donors (Lipinski definition) is 1. The van der Waals surface area contributed by atoms with Gasteiger partial charge in [-0.2, -0.15) is 0 Å². The summed E-state index contributed by atoms with van der Waals surface area (Å²) >= 11 is 0.762. The summed E-state index contributed by atoms with van der Waals surface area (Å²) in [6.45, 7) is 0.635. The van der Waals surface area contributed by atoms with Gasteiger partial charge in [-0.25, -0.2) is 4.39 Å². The van der Waals surface area contributed by atoms with Crippen LogP contribution in [0.5, 0.6) is 5.75 Å². The molecular weight excluding hydrogens is 407 g/mol. The molecule has 1 saturated heterocycles. The number of thioether (sulfide) groups is 1. The molecule has 1 aliphatic rings. The molecule has 0 radical (unpaired) electrons. The van der Waals surface area contributed by atoms with Gasteiger partial charge in [0.25, 0.3) is 11.1 Å². The van der Waals surface area contributed by atoms with Gasteiger partial charge in [0.1, 0.15) is 11.6 Å². The average Bonchev–Trinajstić information content (AvgIpc) is 3.01. The first-order chi connectivity index (χ1) is 14.5. The number of ether oxygens (including phenoxy) is 1. The Labute approximate surface area is 178 Å². The van der Waals surface area contributed by atoms with Crippen molar-refractivity contribution in [2.45, 2.75) is 12.8 Å². The zero-order chi connectivity index (χ0) is 21.3. The summed E-state index contributed by atoms with van der Waals surface area (Å²) < 4.78 is 19.3. The van der Waals surface area contributed by atoms with Crippen molar-refractivity contribution in [2.24, 2.45) is 0 Å². The van der Waals surface area contributed by atoms with E-state index in [4.69, 9.17) is 4.74 Å². The van der Waals surface area contributed by atoms with Gasteiger partial charge in [-0.15, -0.1) is 0 Å². The Kier molecular flexibility index (Phi) is 7.62. The summed E-state index contributed by atoms with van der Waals surface area (Å²) in [6.07, 6.45) is 2.20. The lowest BCUT2D eigenvalue weighted by molar-refractivity contribution is -0.124. The third-order valence-corrected chi connectivity index (χ3v) is 5.19. The van der Waals surface area contributed by atoms with E-state index in [0.717, 1.165) is 22.4 Å². The standard InChI is InChI=1S/C22H21FN2O4S/c23-18-10-5-4-7-16(18)15-19-21(27)25(22(28)30-19)13-12-24-20(26)11-6-14-29-17-8-2-1-3-9-17/h1-5,7-10,15H,6,11-14H2,(H,24,26)/b19-15-. The number of rotatable bonds is 9. The van der Waals surface area contributed by atoms with Gasteiger partial charge in [0, 0.05) is 25.1 Å². The van der Waals surface area contributed by atoms with Crippen molar-refractivity contribution in [2.75, 3.05) is 19.7 Å². The molecule has 0 spiro atoms. The van der Waals surface area contributed by atoms with E-state index < -0.39 is 17.0 Å². The van der Waals surface area contributed by atoms with Gasteiger partial charge < -0.3 is 10.1 Å². The number of para-hydroxylation sites is 1. The number of carbonyl (C=O) groups is 3. The van der Waals surface area contributed by atoms with Crippen LogP contribution < -0.4 is 10.1 Å². The molecule has 156 valence electrons. The second-order valence-electron chi connectivity index (χ2n) is 6.47. The molecule has 3 rings (SSSR count). The maximum atomic E-state index is 13.8. The van der Waals surface area contributed by atoms with E-state index in [9.17, 15) is 18.8 Å². The molecule has 1 aliphatic heterocycles. The third kappa shape index (κ3) is 5.93. The molecule has 1 N–H and O–H groups in total. The number of imide groups is 1. The smallest absolute Gasteiger partial charge is 0.293 e. The van der Waals surface area contributed by atoms with Crippen LogP contribution in [0.3, 0.4) is 0 Å². The predicted octanol–water partition coefficient (Wildman–Crippen LogP) is 3.84. The summed E-state index contributed by atoms with van der Waals surface area (Å²) in [6, 6.07) is 15.4. The van der Waals surface area contributed by atoms with Gasteiger partial charge in [0.2, 0.25) is 5.91 Å². The van der Waals surface area contributed by atoms with Crippen LogP contribution >= 0.6 is 11.8 Å². The fourth-order valence-corrected chi connectivity index (χ4v) is 3.62. The van der Waals surface area contributed by atoms with Crippen molar-refractivity contribution in [3.05, 3.63) is 70.9 Å². The van der Waals surface area contributed by atoms with E-state index in [2.05, 4.69) is 5.32 Å². The molecule has 30 heavy (non-hydrogen) atoms. The van der Waals surface area contributed by atoms with Crippen LogP contribution in [-0.2, 0) is 9.59 Å². The Bertz CT molecular complexity index is 949. The van der Waals surface area contributed by atoms with Crippen LogP contribution in [-0.4, -0.2) is 41.6 Å². The fraction of sp³-hybridized carbons (Fsp3) is 0.227. The molecule has 0 saturated carbocycles. The highest BCUT2D eigenvalue weighted by molar-refractivity contribution is 8.18. The van der Waals surface area contributed by atoms with Crippen molar-refractivity contribution < 1.29 is 23.5 Å². The van der Waals surface area contributed by atoms with Crippen LogP contribution in [0, 0.1) is 5.82 Å². The number of carbonyl (C=O) groups excluding carboxylic acids is 3. The average molecular weight is 428 g/mol. The number of amides is 3. The van der Waals surface area contributed by atoms with E-state index in [1.54, 1.807) is 12.1 Å². The van der Waals surface area contributed by atoms with E-state index in [1.807, 2.05) is 30.3 Å². The highest BCUT2D eigenvalue weighted by Crippen LogP contribution is 2.32. The molecular formula is C22H21FN2O4S. The van der Waals surface area contributed by atoms with Crippen LogP contribution in [0.1, 0.15) is 18.4 Å². The van der Waals surface area contributed by atoms with E-state index in [0.29, 0.717) is 13.0 Å². The molecule has 8 heteroatoms. The minimum Gasteiger partial charge on any atom is -0.494 e. The predicted molar refractivity (Wildman–Crippen MR) is 113 cm³/mol. The molecule has 0 bridgehead atoms. The van der Waals surface area contributed by atoms with E-state index >= 15 is 0 Å². The fourth-order valence-electron chi connectivity index (χ4n) is 2.76. The lowest BCUT2D eigenvalue weighted by Gasteiger charge is -2.13. The molecule has 1 fully saturated rings. The second-order valence-corrected chi connectivity index (χ2v) is 7.46. The summed E-state index contributed by atoms with van der Waals surface area (Å²) in [5.74, 6) is -0.382. The SMILES string of the molecule is O=C(CCCOc1ccccc1)NCCN1C(=O)S/C(=C\c2ccccc2F)C1=O. The molecule has 0 aromatic heterocycles. The summed E-state index contributed by atoms with van der Waals surface area (Å²) in [5.41, 5.74) is 0.244. The topological polar surface area (TPSA) is 75.7 Å². The maximum absolute atomic E-state index is 13.8. The number of halogens is 1. The van der Waals surface area contributed by atoms with Gasteiger partial charge in [0.15, 0.2) is 0 Å². The van der Waals surface area contributed by atoms with E-state index in [1.165, 1.54) is 18.2 Å². The summed E-state index contributed by atoms with van der Waals surface area (Å²) in [7, 11) is 0. The number of nitrogens with zero attached hydrogens (tertiary/aromatic N) is 1. The van der Waals surface area contributed by atoms with Gasteiger partial charge in [-0.05, 0) is 42.5 Å². The van der Waals surface area contributed by atoms with Gasteiger partial charge in [-0.1, -0.05) is 36.4 Å². The molecule has 2 aromatic carbocycles. The Morgan fingerprint density at radius 1 is 1.10 bits per heavy atom. The van der Waals surface area contributed by atoms with E-state index in [-0.39, 0.29) is 35.9 Å². The van der Waals surface area contributed by atoms with Crippen LogP contribution in [0.15, 0.2) is 59.5 Å². The van der Waals surface area contributed by atoms with Crippen molar-refractivity contribution in [1.82, 2.24) is 10.2 Å². The zero-order valence-corrected chi connectivity index (χ0v) is 17.0. The summed E-state index contributed by atoms with van der Waals surface area (Å²) in [5, 5.41) is 2.26. The number of nitrogens with one attached hydrogen (secondary N) is 1. The lowest BCUT2D eigenvalue weighted by Crippen LogP contribution is -2.37. The number of benzene rings is 2. The second kappa shape index (κ2) is 10.6. The van der Waals surface area contributed by atoms with Crippen molar-refractivity contribution in [3.8, 4) is 5.75 Å². The van der Waals surface area contributed by atoms with Crippen molar-refractivity contribution in [3.63, 3.8) is 0 Å². The quantitative estimate of drug-likeness (QED) is 0.485. The maximum Gasteiger partial charge on any atom is 0.293 e. The summed E-state index contributed by atoms with van der Waals surface area (Å²) in [4.78, 5) is 37.6. The normalized spacial score (nSPS) is 15.0. The highest BCUT2D eigenvalue weighted by atomic mass is 32.2. The van der Waals surface area contributed by atoms with Crippen molar-refractivity contribution in [1.29, 1.82) is 0 Å². The van der Waals surface area contributed by atoms with Gasteiger partial charge >= 0.3 is 0 Å². The first-order valence-corrected chi connectivity index (χ1v) is 10.3. The minimum atomic E-state index is -0.487. The molecule has 6 nitrogen and oxygen atoms in total. The molecule has 2 aromatic rings. The van der Waals surface area contributed by atoms with Crippen molar-refractivity contribution >= 4 is 34.9 Å². The first-order valence-electron chi connectivity index (χ1n) is 9.49. The largest absolute Gasteiger partial charge is 0.494 e. The number of hydrogen-bond acceptors (Lipinski definition) is 5. The van der Waals surface area contributed by atoms with Crippen LogP contribution in [0.25, 0.3) is 6.08 Å². The molecule has 0 aliphatic carbocycles. The van der Waals surface area contributed by atoms with Crippen LogP contribution in [0.4, 0.5) is 9.18 Å². The molecule has 0 atom stereocenters. The minimum absolute atomic E-state index is 0.0610. The lowest BCUT2D eigenvalue weighted by atomic mass is 10.2. The zero-order valence-electron chi connectivity index (χ0n) is 16.2. The third-order valence-electron chi connectivity index (χ3n) is 4.28. The molecule has 3 amide bonds. The highest BCUT2D eigenvalue weighted by Gasteiger charge is 2.34. The molecule has 0 unspecified atom stereocenters. The Hall–Kier alpha value is -3.13. The first kappa shape index (κ1) is 21.6. The Morgan fingerprint density at radius 3 is 2.60 bits per heavy atom. The molecule has 1 heterocycles. The monoisotopic (exact) mass is 428 g/mol. The van der Waals surface area contributed by atoms with Gasteiger partial charge in [-0.3, -0.25) is 19.3 Å². The Morgan fingerprint density at radius 2 is 1.83 bits per heavy atom.